The third kappa shape index (κ3) is 6.13. The molecule has 1 aromatic heterocycles. The average molecular weight is 401 g/mol. The van der Waals surface area contributed by atoms with Crippen molar-refractivity contribution in [1.29, 1.82) is 0 Å². The predicted octanol–water partition coefficient (Wildman–Crippen LogP) is 3.47. The summed E-state index contributed by atoms with van der Waals surface area (Å²) in [4.78, 5) is 27.7. The first-order chi connectivity index (χ1) is 14.6. The molecule has 3 rings (SSSR count). The molecule has 1 heterocycles. The van der Waals surface area contributed by atoms with Crippen molar-refractivity contribution in [3.8, 4) is 11.5 Å². The van der Waals surface area contributed by atoms with E-state index in [0.29, 0.717) is 11.3 Å². The third-order valence-corrected chi connectivity index (χ3v) is 3.93. The van der Waals surface area contributed by atoms with Crippen molar-refractivity contribution in [2.24, 2.45) is 5.10 Å². The van der Waals surface area contributed by atoms with Gasteiger partial charge in [0.25, 0.3) is 5.91 Å². The van der Waals surface area contributed by atoms with Gasteiger partial charge in [0, 0.05) is 18.5 Å². The van der Waals surface area contributed by atoms with Gasteiger partial charge in [0.15, 0.2) is 0 Å². The topological polar surface area (TPSA) is 89.9 Å². The standard InChI is InChI=1S/C23H19N3O4/c1-29-20-9-4-17(5-10-20)8-13-22(27)30-21-11-6-18(7-12-21)15-25-26-23(28)19-3-2-14-24-16-19/h2-16H,1H3,(H,26,28)/b13-8+,25-15+. The Morgan fingerprint density at radius 3 is 2.33 bits per heavy atom. The van der Waals surface area contributed by atoms with Crippen LogP contribution in [-0.4, -0.2) is 30.2 Å². The lowest BCUT2D eigenvalue weighted by molar-refractivity contribution is -0.128. The highest BCUT2D eigenvalue weighted by Crippen LogP contribution is 2.14. The van der Waals surface area contributed by atoms with Gasteiger partial charge in [-0.1, -0.05) is 12.1 Å². The monoisotopic (exact) mass is 401 g/mol. The summed E-state index contributed by atoms with van der Waals surface area (Å²) in [5.74, 6) is 0.301. The third-order valence-electron chi connectivity index (χ3n) is 3.93. The summed E-state index contributed by atoms with van der Waals surface area (Å²) in [6, 6.07) is 17.3. The van der Waals surface area contributed by atoms with Crippen LogP contribution in [0.2, 0.25) is 0 Å². The van der Waals surface area contributed by atoms with E-state index in [4.69, 9.17) is 9.47 Å². The molecule has 0 aliphatic rings. The van der Waals surface area contributed by atoms with Crippen molar-refractivity contribution >= 4 is 24.2 Å². The fourth-order valence-electron chi connectivity index (χ4n) is 2.38. The smallest absolute Gasteiger partial charge is 0.336 e. The van der Waals surface area contributed by atoms with Crippen molar-refractivity contribution in [1.82, 2.24) is 10.4 Å². The minimum Gasteiger partial charge on any atom is -0.497 e. The maximum absolute atomic E-state index is 12.0. The molecule has 0 spiro atoms. The number of carbonyl (C=O) groups is 2. The Kier molecular flexibility index (Phi) is 7.05. The number of hydrogen-bond donors (Lipinski definition) is 1. The summed E-state index contributed by atoms with van der Waals surface area (Å²) < 4.78 is 10.4. The highest BCUT2D eigenvalue weighted by Gasteiger charge is 2.03. The van der Waals surface area contributed by atoms with Gasteiger partial charge in [0.05, 0.1) is 18.9 Å². The van der Waals surface area contributed by atoms with Gasteiger partial charge in [0.1, 0.15) is 11.5 Å². The molecule has 0 bridgehead atoms. The van der Waals surface area contributed by atoms with E-state index < -0.39 is 5.97 Å². The number of aromatic nitrogens is 1. The van der Waals surface area contributed by atoms with Crippen LogP contribution in [0.5, 0.6) is 11.5 Å². The second-order valence-corrected chi connectivity index (χ2v) is 6.04. The van der Waals surface area contributed by atoms with Crippen molar-refractivity contribution in [2.75, 3.05) is 7.11 Å². The largest absolute Gasteiger partial charge is 0.497 e. The van der Waals surface area contributed by atoms with Crippen molar-refractivity contribution < 1.29 is 19.1 Å². The number of esters is 1. The van der Waals surface area contributed by atoms with Crippen molar-refractivity contribution in [3.05, 3.63) is 95.8 Å². The Morgan fingerprint density at radius 1 is 0.967 bits per heavy atom. The van der Waals surface area contributed by atoms with E-state index in [1.165, 1.54) is 18.5 Å². The maximum atomic E-state index is 12.0. The Morgan fingerprint density at radius 2 is 1.67 bits per heavy atom. The summed E-state index contributed by atoms with van der Waals surface area (Å²) in [5.41, 5.74) is 4.42. The van der Waals surface area contributed by atoms with Gasteiger partial charge in [-0.25, -0.2) is 10.2 Å². The SMILES string of the molecule is COc1ccc(/C=C/C(=O)Oc2ccc(/C=N/NC(=O)c3cccnc3)cc2)cc1. The minimum absolute atomic E-state index is 0.353. The minimum atomic E-state index is -0.490. The lowest BCUT2D eigenvalue weighted by atomic mass is 10.2. The van der Waals surface area contributed by atoms with Gasteiger partial charge >= 0.3 is 5.97 Å². The second-order valence-electron chi connectivity index (χ2n) is 6.04. The number of ether oxygens (including phenoxy) is 2. The van der Waals surface area contributed by atoms with Crippen LogP contribution in [0.1, 0.15) is 21.5 Å². The van der Waals surface area contributed by atoms with Crippen LogP contribution in [0, 0.1) is 0 Å². The van der Waals surface area contributed by atoms with E-state index in [-0.39, 0.29) is 5.91 Å². The number of rotatable bonds is 7. The van der Waals surface area contributed by atoms with Crippen LogP contribution >= 0.6 is 0 Å². The molecular formula is C23H19N3O4. The molecule has 7 heteroatoms. The van der Waals surface area contributed by atoms with Gasteiger partial charge < -0.3 is 9.47 Å². The summed E-state index contributed by atoms with van der Waals surface area (Å²) in [7, 11) is 1.60. The quantitative estimate of drug-likeness (QED) is 0.215. The van der Waals surface area contributed by atoms with Gasteiger partial charge in [-0.3, -0.25) is 9.78 Å². The van der Waals surface area contributed by atoms with Crippen LogP contribution in [0.15, 0.2) is 84.2 Å². The maximum Gasteiger partial charge on any atom is 0.336 e. The van der Waals surface area contributed by atoms with E-state index in [1.54, 1.807) is 55.8 Å². The zero-order chi connectivity index (χ0) is 21.2. The number of nitrogens with one attached hydrogen (secondary N) is 1. The van der Waals surface area contributed by atoms with Crippen molar-refractivity contribution in [2.45, 2.75) is 0 Å². The zero-order valence-corrected chi connectivity index (χ0v) is 16.2. The second kappa shape index (κ2) is 10.3. The number of nitrogens with zero attached hydrogens (tertiary/aromatic N) is 2. The first kappa shape index (κ1) is 20.5. The number of hydrazone groups is 1. The van der Waals surface area contributed by atoms with E-state index in [0.717, 1.165) is 16.9 Å². The van der Waals surface area contributed by atoms with Crippen LogP contribution in [0.25, 0.3) is 6.08 Å². The van der Waals surface area contributed by atoms with E-state index in [1.807, 2.05) is 24.3 Å². The molecule has 30 heavy (non-hydrogen) atoms. The summed E-state index contributed by atoms with van der Waals surface area (Å²) in [6.07, 6.45) is 7.54. The normalized spacial score (nSPS) is 10.8. The molecule has 1 N–H and O–H groups in total. The molecule has 0 aliphatic heterocycles. The zero-order valence-electron chi connectivity index (χ0n) is 16.2. The molecule has 0 radical (unpaired) electrons. The Labute approximate surface area is 173 Å². The number of methoxy groups -OCH3 is 1. The number of pyridine rings is 1. The van der Waals surface area contributed by atoms with Crippen LogP contribution in [0.3, 0.4) is 0 Å². The fraction of sp³-hybridized carbons (Fsp3) is 0.0435. The molecule has 1 amide bonds. The van der Waals surface area contributed by atoms with Crippen LogP contribution < -0.4 is 14.9 Å². The lowest BCUT2D eigenvalue weighted by Gasteiger charge is -2.02. The average Bonchev–Trinajstić information content (AvgIpc) is 2.79. The van der Waals surface area contributed by atoms with Gasteiger partial charge in [-0.05, 0) is 65.7 Å². The Bertz CT molecular complexity index is 1040. The van der Waals surface area contributed by atoms with E-state index in [9.17, 15) is 9.59 Å². The van der Waals surface area contributed by atoms with Crippen molar-refractivity contribution in [3.63, 3.8) is 0 Å². The van der Waals surface area contributed by atoms with Gasteiger partial charge in [-0.15, -0.1) is 0 Å². The molecule has 0 atom stereocenters. The molecule has 0 fully saturated rings. The Balaban J connectivity index is 1.50. The lowest BCUT2D eigenvalue weighted by Crippen LogP contribution is -2.17. The Hall–Kier alpha value is -4.26. The summed E-state index contributed by atoms with van der Waals surface area (Å²) in [5, 5.41) is 3.90. The highest BCUT2D eigenvalue weighted by molar-refractivity contribution is 5.94. The molecule has 2 aromatic carbocycles. The van der Waals surface area contributed by atoms with Gasteiger partial charge in [-0.2, -0.15) is 5.10 Å². The van der Waals surface area contributed by atoms with Crippen LogP contribution in [-0.2, 0) is 4.79 Å². The molecule has 3 aromatic rings. The summed E-state index contributed by atoms with van der Waals surface area (Å²) >= 11 is 0. The number of hydrogen-bond acceptors (Lipinski definition) is 6. The molecule has 150 valence electrons. The first-order valence-electron chi connectivity index (χ1n) is 9.01. The number of benzene rings is 2. The van der Waals surface area contributed by atoms with E-state index in [2.05, 4.69) is 15.5 Å². The predicted molar refractivity (Wildman–Crippen MR) is 113 cm³/mol. The highest BCUT2D eigenvalue weighted by atomic mass is 16.5. The van der Waals surface area contributed by atoms with E-state index >= 15 is 0 Å². The molecule has 0 saturated carbocycles. The van der Waals surface area contributed by atoms with Crippen LogP contribution in [0.4, 0.5) is 0 Å². The number of carbonyl (C=O) groups excluding carboxylic acids is 2. The molecule has 0 unspecified atom stereocenters. The summed E-state index contributed by atoms with van der Waals surface area (Å²) in [6.45, 7) is 0. The fourth-order valence-corrected chi connectivity index (χ4v) is 2.38. The molecule has 0 aliphatic carbocycles. The molecular weight excluding hydrogens is 382 g/mol. The molecule has 7 nitrogen and oxygen atoms in total. The van der Waals surface area contributed by atoms with Gasteiger partial charge in [0.2, 0.25) is 0 Å². The first-order valence-corrected chi connectivity index (χ1v) is 9.01. The molecule has 0 saturated heterocycles. The number of amides is 1.